The fraction of sp³-hybridized carbons (Fsp3) is 0.429. The van der Waals surface area contributed by atoms with Gasteiger partial charge in [0.25, 0.3) is 0 Å². The Morgan fingerprint density at radius 1 is 1.29 bits per heavy atom. The lowest BCUT2D eigenvalue weighted by molar-refractivity contribution is -0.116. The van der Waals surface area contributed by atoms with Gasteiger partial charge < -0.3 is 14.8 Å². The first-order chi connectivity index (χ1) is 11.2. The van der Waals surface area contributed by atoms with Gasteiger partial charge >= 0.3 is 5.97 Å². The van der Waals surface area contributed by atoms with E-state index in [1.807, 2.05) is 0 Å². The fourth-order valence-electron chi connectivity index (χ4n) is 1.77. The molecule has 0 aromatic heterocycles. The topological polar surface area (TPSA) is 102 Å². The van der Waals surface area contributed by atoms with Crippen LogP contribution >= 0.6 is 11.6 Å². The van der Waals surface area contributed by atoms with Crippen molar-refractivity contribution in [3.05, 3.63) is 28.8 Å². The van der Waals surface area contributed by atoms with Crippen molar-refractivity contribution >= 4 is 39.2 Å². The number of hydrogen-bond donors (Lipinski definition) is 1. The molecule has 0 saturated carbocycles. The number of carbonyl (C=O) groups is 2. The number of ether oxygens (including phenoxy) is 2. The smallest absolute Gasteiger partial charge is 0.337 e. The molecule has 0 aliphatic rings. The summed E-state index contributed by atoms with van der Waals surface area (Å²) in [5.41, 5.74) is 0.390. The molecule has 0 atom stereocenters. The third kappa shape index (κ3) is 6.08. The van der Waals surface area contributed by atoms with Crippen molar-refractivity contribution in [2.45, 2.75) is 0 Å². The van der Waals surface area contributed by atoms with Crippen molar-refractivity contribution in [1.29, 1.82) is 0 Å². The monoisotopic (exact) mass is 378 g/mol. The van der Waals surface area contributed by atoms with Gasteiger partial charge in [-0.25, -0.2) is 13.2 Å². The number of carbonyl (C=O) groups excluding carboxylic acids is 2. The second-order valence-electron chi connectivity index (χ2n) is 4.82. The molecule has 1 N–H and O–H groups in total. The quantitative estimate of drug-likeness (QED) is 0.676. The molecule has 10 heteroatoms. The predicted molar refractivity (Wildman–Crippen MR) is 89.7 cm³/mol. The molecule has 0 saturated heterocycles. The molecule has 1 aromatic rings. The largest absolute Gasteiger partial charge is 0.465 e. The maximum Gasteiger partial charge on any atom is 0.337 e. The molecule has 0 fully saturated rings. The predicted octanol–water partition coefficient (Wildman–Crippen LogP) is 0.973. The highest BCUT2D eigenvalue weighted by molar-refractivity contribution is 7.88. The van der Waals surface area contributed by atoms with Gasteiger partial charge in [-0.2, -0.15) is 4.31 Å². The lowest BCUT2D eigenvalue weighted by Gasteiger charge is -2.19. The first-order valence-corrected chi connectivity index (χ1v) is 9.03. The van der Waals surface area contributed by atoms with Crippen LogP contribution in [0.4, 0.5) is 5.69 Å². The van der Waals surface area contributed by atoms with Gasteiger partial charge in [0.2, 0.25) is 15.9 Å². The number of nitrogens with zero attached hydrogens (tertiary/aromatic N) is 1. The van der Waals surface area contributed by atoms with Gasteiger partial charge in [0.15, 0.2) is 0 Å². The standard InChI is InChI=1S/C14H19ClN2O6S/c1-22-7-6-17(24(3,20)21)9-13(18)16-12-8-10(14(19)23-2)4-5-11(12)15/h4-5,8H,6-7,9H2,1-3H3,(H,16,18). The van der Waals surface area contributed by atoms with Gasteiger partial charge in [0.05, 0.1) is 42.8 Å². The third-order valence-corrected chi connectivity index (χ3v) is 4.57. The highest BCUT2D eigenvalue weighted by Crippen LogP contribution is 2.23. The summed E-state index contributed by atoms with van der Waals surface area (Å²) in [5, 5.41) is 2.69. The highest BCUT2D eigenvalue weighted by Gasteiger charge is 2.20. The first kappa shape index (κ1) is 20.4. The Kier molecular flexibility index (Phi) is 7.61. The van der Waals surface area contributed by atoms with E-state index in [0.29, 0.717) is 0 Å². The van der Waals surface area contributed by atoms with Crippen LogP contribution in [-0.2, 0) is 24.3 Å². The van der Waals surface area contributed by atoms with E-state index in [1.165, 1.54) is 32.4 Å². The SMILES string of the molecule is COCCN(CC(=O)Nc1cc(C(=O)OC)ccc1Cl)S(C)(=O)=O. The van der Waals surface area contributed by atoms with Crippen LogP contribution in [0.1, 0.15) is 10.4 Å². The van der Waals surface area contributed by atoms with E-state index in [-0.39, 0.29) is 29.4 Å². The molecule has 0 unspecified atom stereocenters. The summed E-state index contributed by atoms with van der Waals surface area (Å²) in [5.74, 6) is -1.18. The molecule has 0 aliphatic carbocycles. The number of halogens is 1. The summed E-state index contributed by atoms with van der Waals surface area (Å²) in [6.07, 6.45) is 1.00. The Morgan fingerprint density at radius 2 is 1.96 bits per heavy atom. The number of anilines is 1. The maximum absolute atomic E-state index is 12.1. The molecule has 0 heterocycles. The van der Waals surface area contributed by atoms with Crippen LogP contribution in [0.25, 0.3) is 0 Å². The number of esters is 1. The number of methoxy groups -OCH3 is 2. The van der Waals surface area contributed by atoms with Crippen LogP contribution in [0.3, 0.4) is 0 Å². The van der Waals surface area contributed by atoms with Gasteiger partial charge in [0, 0.05) is 13.7 Å². The molecule has 0 aliphatic heterocycles. The molecule has 134 valence electrons. The average molecular weight is 379 g/mol. The first-order valence-electron chi connectivity index (χ1n) is 6.80. The van der Waals surface area contributed by atoms with Crippen molar-refractivity contribution in [1.82, 2.24) is 4.31 Å². The maximum atomic E-state index is 12.1. The molecule has 0 spiro atoms. The summed E-state index contributed by atoms with van der Waals surface area (Å²) in [4.78, 5) is 23.6. The zero-order valence-electron chi connectivity index (χ0n) is 13.5. The fourth-order valence-corrected chi connectivity index (χ4v) is 2.69. The Labute approximate surface area is 145 Å². The zero-order chi connectivity index (χ0) is 18.3. The Bertz CT molecular complexity index is 707. The zero-order valence-corrected chi connectivity index (χ0v) is 15.1. The molecule has 8 nitrogen and oxygen atoms in total. The second-order valence-corrected chi connectivity index (χ2v) is 7.21. The molecule has 1 rings (SSSR count). The summed E-state index contributed by atoms with van der Waals surface area (Å²) >= 11 is 5.98. The Balaban J connectivity index is 2.88. The van der Waals surface area contributed by atoms with E-state index in [0.717, 1.165) is 10.6 Å². The van der Waals surface area contributed by atoms with Gasteiger partial charge in [0.1, 0.15) is 0 Å². The van der Waals surface area contributed by atoms with Gasteiger partial charge in [-0.1, -0.05) is 11.6 Å². The van der Waals surface area contributed by atoms with Crippen LogP contribution in [0.2, 0.25) is 5.02 Å². The molecule has 1 amide bonds. The molecule has 24 heavy (non-hydrogen) atoms. The van der Waals surface area contributed by atoms with E-state index >= 15 is 0 Å². The lowest BCUT2D eigenvalue weighted by atomic mass is 10.2. The van der Waals surface area contributed by atoms with Crippen LogP contribution in [0, 0.1) is 0 Å². The molecular weight excluding hydrogens is 360 g/mol. The lowest BCUT2D eigenvalue weighted by Crippen LogP contribution is -2.39. The van der Waals surface area contributed by atoms with Crippen molar-refractivity contribution < 1.29 is 27.5 Å². The van der Waals surface area contributed by atoms with Crippen molar-refractivity contribution in [2.24, 2.45) is 0 Å². The van der Waals surface area contributed by atoms with Crippen molar-refractivity contribution in [2.75, 3.05) is 45.5 Å². The number of sulfonamides is 1. The van der Waals surface area contributed by atoms with E-state index in [2.05, 4.69) is 10.1 Å². The van der Waals surface area contributed by atoms with Crippen LogP contribution in [-0.4, -0.2) is 64.8 Å². The molecular formula is C14H19ClN2O6S. The van der Waals surface area contributed by atoms with E-state index in [1.54, 1.807) is 0 Å². The highest BCUT2D eigenvalue weighted by atomic mass is 35.5. The summed E-state index contributed by atoms with van der Waals surface area (Å²) in [6, 6.07) is 4.24. The summed E-state index contributed by atoms with van der Waals surface area (Å²) in [7, 11) is -0.914. The normalized spacial score (nSPS) is 11.4. The Hall–Kier alpha value is -1.68. The molecule has 0 radical (unpaired) electrons. The van der Waals surface area contributed by atoms with Crippen LogP contribution < -0.4 is 5.32 Å². The minimum Gasteiger partial charge on any atom is -0.465 e. The minimum absolute atomic E-state index is 0.0404. The number of hydrogen-bond acceptors (Lipinski definition) is 6. The number of benzene rings is 1. The Morgan fingerprint density at radius 3 is 2.50 bits per heavy atom. The summed E-state index contributed by atoms with van der Waals surface area (Å²) in [6.45, 7) is -0.210. The van der Waals surface area contributed by atoms with E-state index in [4.69, 9.17) is 16.3 Å². The molecule has 0 bridgehead atoms. The van der Waals surface area contributed by atoms with Crippen molar-refractivity contribution in [3.63, 3.8) is 0 Å². The van der Waals surface area contributed by atoms with Gasteiger partial charge in [-0.05, 0) is 18.2 Å². The van der Waals surface area contributed by atoms with Gasteiger partial charge in [-0.15, -0.1) is 0 Å². The van der Waals surface area contributed by atoms with Gasteiger partial charge in [-0.3, -0.25) is 4.79 Å². The number of nitrogens with one attached hydrogen (secondary N) is 1. The van der Waals surface area contributed by atoms with E-state index < -0.39 is 28.4 Å². The number of amides is 1. The average Bonchev–Trinajstić information content (AvgIpc) is 2.51. The van der Waals surface area contributed by atoms with E-state index in [9.17, 15) is 18.0 Å². The summed E-state index contributed by atoms with van der Waals surface area (Å²) < 4.78 is 33.8. The minimum atomic E-state index is -3.57. The number of rotatable bonds is 8. The molecule has 1 aromatic carbocycles. The second kappa shape index (κ2) is 8.97. The van der Waals surface area contributed by atoms with Crippen molar-refractivity contribution in [3.8, 4) is 0 Å². The van der Waals surface area contributed by atoms with Crippen LogP contribution in [0.5, 0.6) is 0 Å². The third-order valence-electron chi connectivity index (χ3n) is 3.00. The van der Waals surface area contributed by atoms with Crippen LogP contribution in [0.15, 0.2) is 18.2 Å².